The Labute approximate surface area is 179 Å². The van der Waals surface area contributed by atoms with Gasteiger partial charge in [0, 0.05) is 31.6 Å². The predicted molar refractivity (Wildman–Crippen MR) is 121 cm³/mol. The van der Waals surface area contributed by atoms with Gasteiger partial charge in [0.25, 0.3) is 11.8 Å². The summed E-state index contributed by atoms with van der Waals surface area (Å²) in [6.07, 6.45) is 3.12. The molecule has 156 valence electrons. The molecule has 0 atom stereocenters. The maximum Gasteiger partial charge on any atom is 0.271 e. The van der Waals surface area contributed by atoms with Crippen molar-refractivity contribution in [3.8, 4) is 0 Å². The van der Waals surface area contributed by atoms with Crippen molar-refractivity contribution >= 4 is 46.9 Å². The van der Waals surface area contributed by atoms with E-state index in [2.05, 4.69) is 25.8 Å². The highest BCUT2D eigenvalue weighted by Crippen LogP contribution is 2.37. The predicted octanol–water partition coefficient (Wildman–Crippen LogP) is 3.31. The third-order valence-electron chi connectivity index (χ3n) is 4.93. The fraction of sp³-hybridized carbons (Fsp3) is 0.136. The van der Waals surface area contributed by atoms with Gasteiger partial charge in [-0.3, -0.25) is 9.59 Å². The fourth-order valence-electron chi connectivity index (χ4n) is 3.28. The molecule has 9 heteroatoms. The van der Waals surface area contributed by atoms with E-state index in [1.54, 1.807) is 55.4 Å². The molecular formula is C22H21N7O2. The Morgan fingerprint density at radius 1 is 1.03 bits per heavy atom. The molecule has 0 saturated carbocycles. The largest absolute Gasteiger partial charge is 0.327 e. The second-order valence-electron chi connectivity index (χ2n) is 6.87. The van der Waals surface area contributed by atoms with Crippen LogP contribution in [0.2, 0.25) is 0 Å². The Balaban J connectivity index is 1.62. The van der Waals surface area contributed by atoms with Crippen LogP contribution in [0.25, 0.3) is 0 Å². The lowest BCUT2D eigenvalue weighted by Crippen LogP contribution is -2.25. The smallest absolute Gasteiger partial charge is 0.271 e. The molecule has 2 heterocycles. The van der Waals surface area contributed by atoms with Crippen LogP contribution in [0.4, 0.5) is 28.8 Å². The summed E-state index contributed by atoms with van der Waals surface area (Å²) >= 11 is 0. The molecular weight excluding hydrogens is 394 g/mol. The fourth-order valence-corrected chi connectivity index (χ4v) is 3.28. The number of hydrazone groups is 1. The highest BCUT2D eigenvalue weighted by Gasteiger charge is 2.28. The van der Waals surface area contributed by atoms with Crippen molar-refractivity contribution in [2.45, 2.75) is 6.92 Å². The Morgan fingerprint density at radius 3 is 2.52 bits per heavy atom. The number of nitrogens with one attached hydrogen (secondary N) is 2. The zero-order valence-corrected chi connectivity index (χ0v) is 17.3. The summed E-state index contributed by atoms with van der Waals surface area (Å²) in [5.74, 6) is 0.566. The van der Waals surface area contributed by atoms with E-state index in [1.165, 1.54) is 6.21 Å². The number of fused-ring (bicyclic) bond motifs is 2. The van der Waals surface area contributed by atoms with Gasteiger partial charge >= 0.3 is 0 Å². The standard InChI is InChI=1S/C22H21N7O2/c1-4-24-27-20(30)14-9-11-15(12-10-14)25-22-23-13-18-19(26-22)28(2)17-8-6-5-7-16(17)21(31)29(18)3/h4-13H,1-3H3,(H,27,30)(H,23,25,26). The zero-order valence-electron chi connectivity index (χ0n) is 17.3. The first kappa shape index (κ1) is 20.0. The molecule has 2 N–H and O–H groups in total. The molecule has 31 heavy (non-hydrogen) atoms. The molecule has 0 saturated heterocycles. The van der Waals surface area contributed by atoms with Crippen LogP contribution in [0.5, 0.6) is 0 Å². The topological polar surface area (TPSA) is 103 Å². The lowest BCUT2D eigenvalue weighted by molar-refractivity contribution is 0.0953. The summed E-state index contributed by atoms with van der Waals surface area (Å²) < 4.78 is 0. The van der Waals surface area contributed by atoms with E-state index in [1.807, 2.05) is 30.1 Å². The average Bonchev–Trinajstić information content (AvgIpc) is 2.88. The summed E-state index contributed by atoms with van der Waals surface area (Å²) in [5.41, 5.74) is 5.61. The second kappa shape index (κ2) is 8.23. The van der Waals surface area contributed by atoms with E-state index in [9.17, 15) is 9.59 Å². The van der Waals surface area contributed by atoms with Crippen LogP contribution in [-0.4, -0.2) is 42.1 Å². The van der Waals surface area contributed by atoms with Gasteiger partial charge < -0.3 is 15.1 Å². The maximum atomic E-state index is 12.9. The highest BCUT2D eigenvalue weighted by molar-refractivity contribution is 6.13. The van der Waals surface area contributed by atoms with Crippen molar-refractivity contribution in [1.29, 1.82) is 0 Å². The summed E-state index contributed by atoms with van der Waals surface area (Å²) in [6.45, 7) is 1.72. The van der Waals surface area contributed by atoms with E-state index in [-0.39, 0.29) is 11.8 Å². The number of carbonyl (C=O) groups is 2. The van der Waals surface area contributed by atoms with Gasteiger partial charge in [0.05, 0.1) is 17.4 Å². The second-order valence-corrected chi connectivity index (χ2v) is 6.87. The van der Waals surface area contributed by atoms with Crippen LogP contribution in [0.1, 0.15) is 27.6 Å². The number of nitrogens with zero attached hydrogens (tertiary/aromatic N) is 5. The van der Waals surface area contributed by atoms with Crippen LogP contribution in [0.15, 0.2) is 59.8 Å². The number of anilines is 5. The number of aromatic nitrogens is 2. The van der Waals surface area contributed by atoms with Crippen LogP contribution >= 0.6 is 0 Å². The van der Waals surface area contributed by atoms with Crippen molar-refractivity contribution in [2.24, 2.45) is 5.10 Å². The Kier molecular flexibility index (Phi) is 5.31. The van der Waals surface area contributed by atoms with E-state index in [0.717, 1.165) is 11.4 Å². The minimum atomic E-state index is -0.293. The van der Waals surface area contributed by atoms with Gasteiger partial charge in [-0.15, -0.1) is 0 Å². The van der Waals surface area contributed by atoms with E-state index < -0.39 is 0 Å². The van der Waals surface area contributed by atoms with Crippen LogP contribution in [0, 0.1) is 0 Å². The summed E-state index contributed by atoms with van der Waals surface area (Å²) in [4.78, 5) is 37.2. The van der Waals surface area contributed by atoms with Gasteiger partial charge in [0.2, 0.25) is 5.95 Å². The van der Waals surface area contributed by atoms with Crippen molar-refractivity contribution in [1.82, 2.24) is 15.4 Å². The third kappa shape index (κ3) is 3.80. The van der Waals surface area contributed by atoms with Gasteiger partial charge in [-0.05, 0) is 43.3 Å². The van der Waals surface area contributed by atoms with Gasteiger partial charge in [0.1, 0.15) is 5.69 Å². The van der Waals surface area contributed by atoms with Gasteiger partial charge in [0.15, 0.2) is 5.82 Å². The molecule has 4 rings (SSSR count). The normalized spacial score (nSPS) is 12.9. The molecule has 2 amide bonds. The summed E-state index contributed by atoms with van der Waals surface area (Å²) in [6, 6.07) is 14.3. The van der Waals surface area contributed by atoms with Crippen LogP contribution < -0.4 is 20.5 Å². The number of hydrogen-bond donors (Lipinski definition) is 2. The van der Waals surface area contributed by atoms with E-state index in [0.29, 0.717) is 28.6 Å². The summed E-state index contributed by atoms with van der Waals surface area (Å²) in [5, 5.41) is 6.87. The first-order valence-electron chi connectivity index (χ1n) is 9.62. The van der Waals surface area contributed by atoms with Gasteiger partial charge in [-0.2, -0.15) is 10.1 Å². The maximum absolute atomic E-state index is 12.9. The summed E-state index contributed by atoms with van der Waals surface area (Å²) in [7, 11) is 3.58. The Morgan fingerprint density at radius 2 is 1.77 bits per heavy atom. The van der Waals surface area contributed by atoms with Crippen molar-refractivity contribution in [2.75, 3.05) is 29.2 Å². The minimum Gasteiger partial charge on any atom is -0.327 e. The molecule has 3 aromatic rings. The molecule has 0 bridgehead atoms. The number of hydrogen-bond acceptors (Lipinski definition) is 7. The molecule has 1 aliphatic rings. The van der Waals surface area contributed by atoms with Crippen LogP contribution in [-0.2, 0) is 0 Å². The van der Waals surface area contributed by atoms with E-state index >= 15 is 0 Å². The molecule has 0 aliphatic carbocycles. The van der Waals surface area contributed by atoms with Crippen molar-refractivity contribution in [3.05, 3.63) is 65.9 Å². The number of para-hydroxylation sites is 1. The average molecular weight is 415 g/mol. The van der Waals surface area contributed by atoms with Gasteiger partial charge in [-0.25, -0.2) is 10.4 Å². The first-order valence-corrected chi connectivity index (χ1v) is 9.62. The van der Waals surface area contributed by atoms with Gasteiger partial charge in [-0.1, -0.05) is 12.1 Å². The minimum absolute atomic E-state index is 0.119. The number of amides is 2. The quantitative estimate of drug-likeness (QED) is 0.501. The van der Waals surface area contributed by atoms with E-state index in [4.69, 9.17) is 0 Å². The Hall–Kier alpha value is -4.27. The molecule has 9 nitrogen and oxygen atoms in total. The number of rotatable bonds is 4. The Bertz CT molecular complexity index is 1170. The molecule has 1 aromatic heterocycles. The number of carbonyl (C=O) groups excluding carboxylic acids is 2. The first-order chi connectivity index (χ1) is 15.0. The molecule has 0 spiro atoms. The molecule has 0 unspecified atom stereocenters. The molecule has 0 fully saturated rings. The van der Waals surface area contributed by atoms with Crippen molar-refractivity contribution in [3.63, 3.8) is 0 Å². The zero-order chi connectivity index (χ0) is 22.0. The highest BCUT2D eigenvalue weighted by atomic mass is 16.2. The van der Waals surface area contributed by atoms with Crippen molar-refractivity contribution < 1.29 is 9.59 Å². The van der Waals surface area contributed by atoms with Crippen LogP contribution in [0.3, 0.4) is 0 Å². The monoisotopic (exact) mass is 415 g/mol. The SMILES string of the molecule is CC=NNC(=O)c1ccc(Nc2ncc3c(n2)N(C)c2ccccc2C(=O)N3C)cc1. The third-order valence-corrected chi connectivity index (χ3v) is 4.93. The lowest BCUT2D eigenvalue weighted by Gasteiger charge is -2.21. The molecule has 0 radical (unpaired) electrons. The number of benzene rings is 2. The molecule has 2 aromatic carbocycles. The molecule has 1 aliphatic heterocycles. The lowest BCUT2D eigenvalue weighted by atomic mass is 10.1.